The van der Waals surface area contributed by atoms with E-state index >= 15 is 0 Å². The van der Waals surface area contributed by atoms with Gasteiger partial charge in [0.1, 0.15) is 5.60 Å². The minimum atomic E-state index is -0.556. The van der Waals surface area contributed by atoms with Gasteiger partial charge in [0.2, 0.25) is 0 Å². The molecular weight excluding hydrogens is 200 g/mol. The third-order valence-electron chi connectivity index (χ3n) is 4.47. The van der Waals surface area contributed by atoms with E-state index in [1.807, 2.05) is 6.92 Å². The molecule has 5 atom stereocenters. The zero-order valence-corrected chi connectivity index (χ0v) is 11.5. The summed E-state index contributed by atoms with van der Waals surface area (Å²) in [6, 6.07) is 0. The summed E-state index contributed by atoms with van der Waals surface area (Å²) in [7, 11) is 0. The molecule has 0 aromatic rings. The number of carbonyl (C=O) groups excluding carboxylic acids is 1. The van der Waals surface area contributed by atoms with Crippen LogP contribution in [0.3, 0.4) is 0 Å². The average molecular weight is 226 g/mol. The van der Waals surface area contributed by atoms with Gasteiger partial charge >= 0.3 is 0 Å². The van der Waals surface area contributed by atoms with Crippen LogP contribution < -0.4 is 0 Å². The molecule has 1 heterocycles. The SMILES string of the molecule is CC[C@@H](C)C1O[C@](C)(C(C)=O)CC(C)[C@H]1C. The summed E-state index contributed by atoms with van der Waals surface area (Å²) in [6.07, 6.45) is 2.19. The lowest BCUT2D eigenvalue weighted by atomic mass is 9.74. The van der Waals surface area contributed by atoms with Gasteiger partial charge in [-0.25, -0.2) is 0 Å². The van der Waals surface area contributed by atoms with E-state index in [0.717, 1.165) is 12.8 Å². The van der Waals surface area contributed by atoms with Crippen LogP contribution in [-0.4, -0.2) is 17.5 Å². The van der Waals surface area contributed by atoms with Crippen molar-refractivity contribution in [2.45, 2.75) is 66.1 Å². The van der Waals surface area contributed by atoms with Gasteiger partial charge in [-0.1, -0.05) is 34.1 Å². The molecule has 2 nitrogen and oxygen atoms in total. The zero-order valence-electron chi connectivity index (χ0n) is 11.5. The molecule has 1 aliphatic rings. The highest BCUT2D eigenvalue weighted by Gasteiger charge is 2.44. The van der Waals surface area contributed by atoms with Crippen LogP contribution in [0.15, 0.2) is 0 Å². The summed E-state index contributed by atoms with van der Waals surface area (Å²) < 4.78 is 6.12. The fourth-order valence-corrected chi connectivity index (χ4v) is 2.67. The molecule has 16 heavy (non-hydrogen) atoms. The van der Waals surface area contributed by atoms with Crippen LogP contribution in [0.4, 0.5) is 0 Å². The van der Waals surface area contributed by atoms with Gasteiger partial charge in [0.15, 0.2) is 5.78 Å². The van der Waals surface area contributed by atoms with Crippen molar-refractivity contribution in [2.75, 3.05) is 0 Å². The second kappa shape index (κ2) is 4.87. The van der Waals surface area contributed by atoms with Gasteiger partial charge in [0.25, 0.3) is 0 Å². The van der Waals surface area contributed by atoms with Gasteiger partial charge in [-0.15, -0.1) is 0 Å². The number of Topliss-reactive ketones (excluding diaryl/α,β-unsaturated/α-hetero) is 1. The van der Waals surface area contributed by atoms with Crippen LogP contribution in [0.1, 0.15) is 54.4 Å². The fraction of sp³-hybridized carbons (Fsp3) is 0.929. The van der Waals surface area contributed by atoms with E-state index in [4.69, 9.17) is 4.74 Å². The first kappa shape index (κ1) is 13.7. The summed E-state index contributed by atoms with van der Waals surface area (Å²) in [4.78, 5) is 11.7. The van der Waals surface area contributed by atoms with E-state index in [9.17, 15) is 4.79 Å². The van der Waals surface area contributed by atoms with E-state index in [-0.39, 0.29) is 11.9 Å². The molecule has 1 fully saturated rings. The predicted octanol–water partition coefficient (Wildman–Crippen LogP) is 3.44. The molecule has 2 heteroatoms. The van der Waals surface area contributed by atoms with Gasteiger partial charge in [-0.05, 0) is 38.0 Å². The number of ether oxygens (including phenoxy) is 1. The lowest BCUT2D eigenvalue weighted by Gasteiger charge is -2.46. The van der Waals surface area contributed by atoms with Crippen molar-refractivity contribution in [3.63, 3.8) is 0 Å². The van der Waals surface area contributed by atoms with Crippen LogP contribution in [0.2, 0.25) is 0 Å². The summed E-state index contributed by atoms with van der Waals surface area (Å²) in [6.45, 7) is 12.5. The molecule has 0 N–H and O–H groups in total. The Balaban J connectivity index is 2.89. The highest BCUT2D eigenvalue weighted by Crippen LogP contribution is 2.40. The number of hydrogen-bond acceptors (Lipinski definition) is 2. The minimum Gasteiger partial charge on any atom is -0.364 e. The quantitative estimate of drug-likeness (QED) is 0.737. The van der Waals surface area contributed by atoms with Gasteiger partial charge in [0.05, 0.1) is 6.10 Å². The zero-order chi connectivity index (χ0) is 12.5. The first-order chi connectivity index (χ1) is 7.31. The van der Waals surface area contributed by atoms with E-state index in [1.54, 1.807) is 6.92 Å². The number of rotatable bonds is 3. The Bertz CT molecular complexity index is 261. The molecule has 0 radical (unpaired) electrons. The molecule has 0 aromatic heterocycles. The monoisotopic (exact) mass is 226 g/mol. The van der Waals surface area contributed by atoms with Crippen LogP contribution in [0, 0.1) is 17.8 Å². The van der Waals surface area contributed by atoms with Gasteiger partial charge < -0.3 is 4.74 Å². The largest absolute Gasteiger partial charge is 0.364 e. The molecule has 0 bridgehead atoms. The smallest absolute Gasteiger partial charge is 0.161 e. The van der Waals surface area contributed by atoms with Crippen molar-refractivity contribution in [3.8, 4) is 0 Å². The van der Waals surface area contributed by atoms with Crippen LogP contribution in [0.25, 0.3) is 0 Å². The number of ketones is 1. The molecule has 1 aliphatic heterocycles. The minimum absolute atomic E-state index is 0.166. The van der Waals surface area contributed by atoms with Crippen molar-refractivity contribution in [3.05, 3.63) is 0 Å². The van der Waals surface area contributed by atoms with E-state index in [0.29, 0.717) is 17.8 Å². The molecule has 94 valence electrons. The molecule has 1 saturated heterocycles. The third kappa shape index (κ3) is 2.48. The molecule has 0 aromatic carbocycles. The second-order valence-corrected chi connectivity index (χ2v) is 5.80. The predicted molar refractivity (Wildman–Crippen MR) is 66.4 cm³/mol. The molecule has 0 spiro atoms. The maximum atomic E-state index is 11.7. The van der Waals surface area contributed by atoms with Crippen molar-refractivity contribution in [2.24, 2.45) is 17.8 Å². The summed E-state index contributed by atoms with van der Waals surface area (Å²) in [5.74, 6) is 1.79. The normalized spacial score (nSPS) is 41.8. The number of carbonyl (C=O) groups is 1. The Morgan fingerprint density at radius 1 is 1.50 bits per heavy atom. The summed E-state index contributed by atoms with van der Waals surface area (Å²) >= 11 is 0. The first-order valence-corrected chi connectivity index (χ1v) is 6.50. The Kier molecular flexibility index (Phi) is 4.17. The Morgan fingerprint density at radius 3 is 2.50 bits per heavy atom. The highest BCUT2D eigenvalue weighted by atomic mass is 16.5. The highest BCUT2D eigenvalue weighted by molar-refractivity contribution is 5.84. The molecule has 1 rings (SSSR count). The molecule has 0 saturated carbocycles. The topological polar surface area (TPSA) is 26.3 Å². The maximum absolute atomic E-state index is 11.7. The standard InChI is InChI=1S/C14H26O2/c1-7-9(2)13-11(4)10(3)8-14(6,16-13)12(5)15/h9-11,13H,7-8H2,1-6H3/t9-,10?,11-,13?,14+/m1/s1. The van der Waals surface area contributed by atoms with E-state index in [1.165, 1.54) is 0 Å². The van der Waals surface area contributed by atoms with Crippen LogP contribution in [-0.2, 0) is 9.53 Å². The Labute approximate surface area is 99.8 Å². The summed E-state index contributed by atoms with van der Waals surface area (Å²) in [5, 5.41) is 0. The van der Waals surface area contributed by atoms with Crippen molar-refractivity contribution < 1.29 is 9.53 Å². The Hall–Kier alpha value is -0.370. The summed E-state index contributed by atoms with van der Waals surface area (Å²) in [5.41, 5.74) is -0.556. The average Bonchev–Trinajstić information content (AvgIpc) is 2.22. The van der Waals surface area contributed by atoms with Gasteiger partial charge in [-0.2, -0.15) is 0 Å². The molecule has 0 aliphatic carbocycles. The van der Waals surface area contributed by atoms with E-state index in [2.05, 4.69) is 27.7 Å². The molecular formula is C14H26O2. The number of hydrogen-bond donors (Lipinski definition) is 0. The molecule has 2 unspecified atom stereocenters. The van der Waals surface area contributed by atoms with Crippen LogP contribution in [0.5, 0.6) is 0 Å². The van der Waals surface area contributed by atoms with Crippen LogP contribution >= 0.6 is 0 Å². The van der Waals surface area contributed by atoms with Crippen molar-refractivity contribution >= 4 is 5.78 Å². The van der Waals surface area contributed by atoms with Crippen molar-refractivity contribution in [1.29, 1.82) is 0 Å². The molecule has 0 amide bonds. The van der Waals surface area contributed by atoms with Gasteiger partial charge in [-0.3, -0.25) is 4.79 Å². The fourth-order valence-electron chi connectivity index (χ4n) is 2.67. The lowest BCUT2D eigenvalue weighted by Crippen LogP contribution is -2.51. The first-order valence-electron chi connectivity index (χ1n) is 6.50. The van der Waals surface area contributed by atoms with Crippen molar-refractivity contribution in [1.82, 2.24) is 0 Å². The third-order valence-corrected chi connectivity index (χ3v) is 4.47. The van der Waals surface area contributed by atoms with E-state index < -0.39 is 5.60 Å². The maximum Gasteiger partial charge on any atom is 0.161 e. The van der Waals surface area contributed by atoms with Gasteiger partial charge in [0, 0.05) is 0 Å². The lowest BCUT2D eigenvalue weighted by molar-refractivity contribution is -0.185. The Morgan fingerprint density at radius 2 is 2.06 bits per heavy atom. The second-order valence-electron chi connectivity index (χ2n) is 5.80.